The summed E-state index contributed by atoms with van der Waals surface area (Å²) in [5, 5.41) is 13.5. The van der Waals surface area contributed by atoms with Gasteiger partial charge in [0.2, 0.25) is 10.0 Å². The van der Waals surface area contributed by atoms with Crippen molar-refractivity contribution in [2.75, 3.05) is 23.8 Å². The minimum Gasteiger partial charge on any atom is -0.383 e. The van der Waals surface area contributed by atoms with Gasteiger partial charge < -0.3 is 15.3 Å². The molecule has 2 atom stereocenters. The number of aliphatic hydroxyl groups excluding tert-OH is 1. The van der Waals surface area contributed by atoms with Crippen LogP contribution in [0.5, 0.6) is 0 Å². The molecule has 0 radical (unpaired) electrons. The molecule has 13 heteroatoms. The summed E-state index contributed by atoms with van der Waals surface area (Å²) in [6.07, 6.45) is 1.52. The average Bonchev–Trinajstić information content (AvgIpc) is 3.55. The number of rotatable bonds is 8. The third kappa shape index (κ3) is 4.66. The monoisotopic (exact) mass is 582 g/mol. The Hall–Kier alpha value is -3.39. The average molecular weight is 583 g/mol. The number of fused-ring (bicyclic) bond motifs is 1. The lowest BCUT2D eigenvalue weighted by Crippen LogP contribution is -2.35. The van der Waals surface area contributed by atoms with Crippen LogP contribution in [0.1, 0.15) is 47.8 Å². The maximum absolute atomic E-state index is 13.4. The summed E-state index contributed by atoms with van der Waals surface area (Å²) in [7, 11) is -2.56. The SMILES string of the molecule is CNS(=O)(=O)c1cc(-c2sc(Nc3cccc(N4CC[C@H](O)C4=O)n3)nc2C)cc2c1C(=O)N(C(C)C1CC1)C2. The molecule has 3 aromatic rings. The number of carbonyl (C=O) groups excluding carboxylic acids is 2. The van der Waals surface area contributed by atoms with E-state index < -0.39 is 16.1 Å². The Balaban J connectivity index is 1.33. The van der Waals surface area contributed by atoms with Gasteiger partial charge in [-0.2, -0.15) is 0 Å². The van der Waals surface area contributed by atoms with E-state index in [2.05, 4.69) is 20.0 Å². The highest BCUT2D eigenvalue weighted by molar-refractivity contribution is 7.89. The van der Waals surface area contributed by atoms with E-state index in [-0.39, 0.29) is 28.3 Å². The molecular formula is C27H30N6O5S2. The fraction of sp³-hybridized carbons (Fsp3) is 0.407. The van der Waals surface area contributed by atoms with Crippen LogP contribution in [0.25, 0.3) is 10.4 Å². The highest BCUT2D eigenvalue weighted by Crippen LogP contribution is 2.42. The molecule has 2 aromatic heterocycles. The van der Waals surface area contributed by atoms with Crippen LogP contribution in [-0.2, 0) is 21.4 Å². The van der Waals surface area contributed by atoms with Crippen molar-refractivity contribution in [2.45, 2.75) is 56.7 Å². The fourth-order valence-corrected chi connectivity index (χ4v) is 7.37. The summed E-state index contributed by atoms with van der Waals surface area (Å²) in [5.41, 5.74) is 2.30. The molecule has 2 fully saturated rings. The molecule has 3 N–H and O–H groups in total. The second kappa shape index (κ2) is 9.91. The van der Waals surface area contributed by atoms with Crippen molar-refractivity contribution in [3.63, 3.8) is 0 Å². The minimum absolute atomic E-state index is 0.0212. The number of aliphatic hydroxyl groups is 1. The van der Waals surface area contributed by atoms with E-state index in [9.17, 15) is 23.1 Å². The third-order valence-electron chi connectivity index (χ3n) is 7.84. The van der Waals surface area contributed by atoms with Gasteiger partial charge in [-0.25, -0.2) is 23.1 Å². The van der Waals surface area contributed by atoms with E-state index in [0.717, 1.165) is 17.7 Å². The highest BCUT2D eigenvalue weighted by atomic mass is 32.2. The van der Waals surface area contributed by atoms with Crippen molar-refractivity contribution in [2.24, 2.45) is 5.92 Å². The Morgan fingerprint density at radius 1 is 1.15 bits per heavy atom. The zero-order chi connectivity index (χ0) is 28.3. The van der Waals surface area contributed by atoms with Crippen LogP contribution >= 0.6 is 11.3 Å². The van der Waals surface area contributed by atoms with Crippen LogP contribution in [0.3, 0.4) is 0 Å². The van der Waals surface area contributed by atoms with Gasteiger partial charge in [0.1, 0.15) is 17.7 Å². The Labute approximate surface area is 236 Å². The number of thiazole rings is 1. The van der Waals surface area contributed by atoms with Gasteiger partial charge >= 0.3 is 0 Å². The zero-order valence-electron chi connectivity index (χ0n) is 22.3. The van der Waals surface area contributed by atoms with Crippen molar-refractivity contribution < 1.29 is 23.1 Å². The first-order valence-electron chi connectivity index (χ1n) is 13.2. The lowest BCUT2D eigenvalue weighted by Gasteiger charge is -2.24. The molecule has 210 valence electrons. The number of aryl methyl sites for hydroxylation is 1. The summed E-state index contributed by atoms with van der Waals surface area (Å²) in [6, 6.07) is 8.74. The van der Waals surface area contributed by atoms with E-state index in [1.165, 1.54) is 23.3 Å². The summed E-state index contributed by atoms with van der Waals surface area (Å²) >= 11 is 1.35. The van der Waals surface area contributed by atoms with Crippen molar-refractivity contribution in [3.8, 4) is 10.4 Å². The second-order valence-electron chi connectivity index (χ2n) is 10.5. The van der Waals surface area contributed by atoms with Gasteiger partial charge in [-0.05, 0) is 75.0 Å². The van der Waals surface area contributed by atoms with Gasteiger partial charge in [0.25, 0.3) is 11.8 Å². The van der Waals surface area contributed by atoms with Gasteiger partial charge in [-0.1, -0.05) is 17.4 Å². The van der Waals surface area contributed by atoms with E-state index in [1.54, 1.807) is 29.2 Å². The molecule has 4 heterocycles. The van der Waals surface area contributed by atoms with Gasteiger partial charge in [-0.3, -0.25) is 14.5 Å². The number of amides is 2. The molecule has 0 bridgehead atoms. The predicted molar refractivity (Wildman–Crippen MR) is 151 cm³/mol. The third-order valence-corrected chi connectivity index (χ3v) is 10.4. The number of nitrogens with zero attached hydrogens (tertiary/aromatic N) is 4. The van der Waals surface area contributed by atoms with Crippen molar-refractivity contribution >= 4 is 49.9 Å². The molecular weight excluding hydrogens is 552 g/mol. The van der Waals surface area contributed by atoms with Crippen molar-refractivity contribution in [3.05, 3.63) is 47.2 Å². The highest BCUT2D eigenvalue weighted by Gasteiger charge is 2.41. The molecule has 11 nitrogen and oxygen atoms in total. The lowest BCUT2D eigenvalue weighted by molar-refractivity contribution is -0.124. The summed E-state index contributed by atoms with van der Waals surface area (Å²) in [6.45, 7) is 4.64. The Morgan fingerprint density at radius 2 is 1.93 bits per heavy atom. The molecule has 3 aliphatic rings. The van der Waals surface area contributed by atoms with Gasteiger partial charge in [-0.15, -0.1) is 0 Å². The van der Waals surface area contributed by atoms with Crippen LogP contribution in [0, 0.1) is 12.8 Å². The molecule has 1 saturated heterocycles. The molecule has 2 amide bonds. The Bertz CT molecular complexity index is 1630. The molecule has 2 aliphatic heterocycles. The Morgan fingerprint density at radius 3 is 2.60 bits per heavy atom. The number of nitrogens with one attached hydrogen (secondary N) is 2. The second-order valence-corrected chi connectivity index (χ2v) is 13.3. The lowest BCUT2D eigenvalue weighted by atomic mass is 10.0. The molecule has 1 unspecified atom stereocenters. The molecule has 1 aliphatic carbocycles. The largest absolute Gasteiger partial charge is 0.383 e. The first-order chi connectivity index (χ1) is 19.1. The van der Waals surface area contributed by atoms with E-state index in [0.29, 0.717) is 59.0 Å². The first kappa shape index (κ1) is 26.8. The van der Waals surface area contributed by atoms with Crippen LogP contribution < -0.4 is 14.9 Å². The number of benzene rings is 1. The fourth-order valence-electron chi connectivity index (χ4n) is 5.42. The number of anilines is 3. The van der Waals surface area contributed by atoms with Crippen LogP contribution in [0.2, 0.25) is 0 Å². The quantitative estimate of drug-likeness (QED) is 0.368. The standard InChI is InChI=1S/C27H30N6O5S2/c1-14-24(39-27(29-14)31-21-5-4-6-22(30-21)32-10-9-19(34)25(32)35)17-11-18-13-33(15(2)16-7-8-16)26(36)23(18)20(12-17)40(37,38)28-3/h4-6,11-12,15-16,19,28,34H,7-10,13H2,1-3H3,(H,29,30,31)/t15?,19-/m0/s1. The van der Waals surface area contributed by atoms with Gasteiger partial charge in [0, 0.05) is 25.6 Å². The number of hydrogen-bond acceptors (Lipinski definition) is 9. The van der Waals surface area contributed by atoms with E-state index in [1.807, 2.05) is 19.9 Å². The molecule has 1 aromatic carbocycles. The molecule has 1 saturated carbocycles. The summed E-state index contributed by atoms with van der Waals surface area (Å²) in [5.74, 6) is 0.766. The number of aromatic nitrogens is 2. The molecule has 6 rings (SSSR count). The first-order valence-corrected chi connectivity index (χ1v) is 15.5. The Kier molecular flexibility index (Phi) is 6.64. The maximum Gasteiger partial charge on any atom is 0.257 e. The smallest absolute Gasteiger partial charge is 0.257 e. The van der Waals surface area contributed by atoms with Crippen molar-refractivity contribution in [1.29, 1.82) is 0 Å². The van der Waals surface area contributed by atoms with Crippen LogP contribution in [0.15, 0.2) is 35.2 Å². The number of sulfonamides is 1. The topological polar surface area (TPSA) is 145 Å². The van der Waals surface area contributed by atoms with Crippen LogP contribution in [0.4, 0.5) is 16.8 Å². The van der Waals surface area contributed by atoms with Crippen molar-refractivity contribution in [1.82, 2.24) is 19.6 Å². The number of carbonyl (C=O) groups is 2. The number of hydrogen-bond donors (Lipinski definition) is 3. The minimum atomic E-state index is -3.91. The summed E-state index contributed by atoms with van der Waals surface area (Å²) in [4.78, 5) is 38.8. The normalized spacial score (nSPS) is 19.9. The van der Waals surface area contributed by atoms with E-state index >= 15 is 0 Å². The number of pyridine rings is 1. The molecule has 0 spiro atoms. The predicted octanol–water partition coefficient (Wildman–Crippen LogP) is 3.02. The van der Waals surface area contributed by atoms with Gasteiger partial charge in [0.15, 0.2) is 5.13 Å². The van der Waals surface area contributed by atoms with Gasteiger partial charge in [0.05, 0.1) is 21.0 Å². The zero-order valence-corrected chi connectivity index (χ0v) is 24.0. The van der Waals surface area contributed by atoms with Crippen LogP contribution in [-0.4, -0.2) is 65.9 Å². The van der Waals surface area contributed by atoms with E-state index in [4.69, 9.17) is 0 Å². The molecule has 40 heavy (non-hydrogen) atoms. The summed E-state index contributed by atoms with van der Waals surface area (Å²) < 4.78 is 28.5. The maximum atomic E-state index is 13.4.